The molecule has 18 heavy (non-hydrogen) atoms. The number of nitrogens with two attached hydrogens (primary N) is 1. The first kappa shape index (κ1) is 11.8. The number of anilines is 3. The molecule has 92 valence electrons. The highest BCUT2D eigenvalue weighted by Crippen LogP contribution is 2.21. The van der Waals surface area contributed by atoms with Crippen molar-refractivity contribution in [2.75, 3.05) is 11.1 Å². The highest BCUT2D eigenvalue weighted by Gasteiger charge is 2.08. The first-order chi connectivity index (χ1) is 8.56. The van der Waals surface area contributed by atoms with Crippen LogP contribution in [0.25, 0.3) is 0 Å². The van der Waals surface area contributed by atoms with Gasteiger partial charge in [0.05, 0.1) is 23.1 Å². The van der Waals surface area contributed by atoms with Crippen LogP contribution in [0, 0.1) is 6.92 Å². The molecule has 2 rings (SSSR count). The molecule has 4 N–H and O–H groups in total. The first-order valence-electron chi connectivity index (χ1n) is 5.24. The predicted octanol–water partition coefficient (Wildman–Crippen LogP) is 1.81. The van der Waals surface area contributed by atoms with Gasteiger partial charge in [0.1, 0.15) is 0 Å². The Kier molecular flexibility index (Phi) is 3.09. The Morgan fingerprint density at radius 2 is 2.11 bits per heavy atom. The summed E-state index contributed by atoms with van der Waals surface area (Å²) in [5, 5.41) is 11.8. The van der Waals surface area contributed by atoms with Crippen LogP contribution in [-0.4, -0.2) is 21.0 Å². The number of hydrogen-bond donors (Lipinski definition) is 3. The molecule has 0 bridgehead atoms. The maximum absolute atomic E-state index is 10.7. The summed E-state index contributed by atoms with van der Waals surface area (Å²) in [4.78, 5) is 18.8. The quantitative estimate of drug-likeness (QED) is 0.761. The third kappa shape index (κ3) is 2.54. The third-order valence-electron chi connectivity index (χ3n) is 2.30. The second-order valence-electron chi connectivity index (χ2n) is 3.84. The predicted molar refractivity (Wildman–Crippen MR) is 67.9 cm³/mol. The Bertz CT molecular complexity index is 598. The van der Waals surface area contributed by atoms with E-state index in [4.69, 9.17) is 10.8 Å². The van der Waals surface area contributed by atoms with Gasteiger partial charge in [-0.2, -0.15) is 0 Å². The number of nitrogen functional groups attached to an aromatic ring is 1. The number of rotatable bonds is 3. The Morgan fingerprint density at radius 3 is 2.72 bits per heavy atom. The molecule has 2 aromatic rings. The van der Waals surface area contributed by atoms with Crippen molar-refractivity contribution < 1.29 is 9.90 Å². The zero-order valence-corrected chi connectivity index (χ0v) is 9.71. The number of carboxylic acids is 1. The minimum absolute atomic E-state index is 0.0559. The summed E-state index contributed by atoms with van der Waals surface area (Å²) in [5.41, 5.74) is 7.81. The fourth-order valence-electron chi connectivity index (χ4n) is 1.46. The number of aromatic carboxylic acids is 1. The Balaban J connectivity index is 2.27. The number of hydrogen-bond acceptors (Lipinski definition) is 5. The van der Waals surface area contributed by atoms with Crippen LogP contribution in [0.5, 0.6) is 0 Å². The monoisotopic (exact) mass is 244 g/mol. The third-order valence-corrected chi connectivity index (χ3v) is 2.30. The molecule has 0 atom stereocenters. The first-order valence-corrected chi connectivity index (χ1v) is 5.24. The minimum atomic E-state index is -1.06. The maximum Gasteiger partial charge on any atom is 0.337 e. The highest BCUT2D eigenvalue weighted by molar-refractivity contribution is 5.89. The summed E-state index contributed by atoms with van der Waals surface area (Å²) in [5.74, 6) is -0.648. The van der Waals surface area contributed by atoms with E-state index in [1.54, 1.807) is 12.4 Å². The molecule has 0 unspecified atom stereocenters. The number of aryl methyl sites for hydroxylation is 1. The molecule has 0 saturated heterocycles. The van der Waals surface area contributed by atoms with Crippen LogP contribution in [0.1, 0.15) is 15.9 Å². The van der Waals surface area contributed by atoms with Gasteiger partial charge in [0.25, 0.3) is 0 Å². The Labute approximate surface area is 104 Å². The summed E-state index contributed by atoms with van der Waals surface area (Å²) >= 11 is 0. The van der Waals surface area contributed by atoms with Gasteiger partial charge in [-0.1, -0.05) is 0 Å². The van der Waals surface area contributed by atoms with Gasteiger partial charge in [-0.05, 0) is 24.6 Å². The molecule has 6 heteroatoms. The van der Waals surface area contributed by atoms with Crippen LogP contribution in [0.15, 0.2) is 30.7 Å². The lowest BCUT2D eigenvalue weighted by Crippen LogP contribution is -2.04. The van der Waals surface area contributed by atoms with Crippen molar-refractivity contribution in [1.29, 1.82) is 0 Å². The molecule has 0 aliphatic heterocycles. The molecule has 0 radical (unpaired) electrons. The van der Waals surface area contributed by atoms with Crippen LogP contribution in [0.3, 0.4) is 0 Å². The van der Waals surface area contributed by atoms with Gasteiger partial charge in [0.2, 0.25) is 0 Å². The molecule has 0 amide bonds. The van der Waals surface area contributed by atoms with Crippen molar-refractivity contribution in [3.63, 3.8) is 0 Å². The van der Waals surface area contributed by atoms with Crippen LogP contribution >= 0.6 is 0 Å². The van der Waals surface area contributed by atoms with E-state index < -0.39 is 5.97 Å². The lowest BCUT2D eigenvalue weighted by atomic mass is 10.2. The van der Waals surface area contributed by atoms with Crippen LogP contribution in [0.4, 0.5) is 17.2 Å². The van der Waals surface area contributed by atoms with Crippen molar-refractivity contribution in [2.24, 2.45) is 0 Å². The van der Waals surface area contributed by atoms with E-state index >= 15 is 0 Å². The summed E-state index contributed by atoms with van der Waals surface area (Å²) in [6, 6.07) is 3.25. The fraction of sp³-hybridized carbons (Fsp3) is 0.0833. The van der Waals surface area contributed by atoms with Gasteiger partial charge in [0.15, 0.2) is 5.82 Å². The number of pyridine rings is 2. The van der Waals surface area contributed by atoms with Gasteiger partial charge in [-0.25, -0.2) is 9.78 Å². The number of aromatic nitrogens is 2. The number of nitrogens with zero attached hydrogens (tertiary/aromatic N) is 2. The van der Waals surface area contributed by atoms with Gasteiger partial charge < -0.3 is 16.2 Å². The van der Waals surface area contributed by atoms with E-state index in [1.807, 2.05) is 13.0 Å². The Morgan fingerprint density at radius 1 is 1.33 bits per heavy atom. The molecule has 0 saturated carbocycles. The Hall–Kier alpha value is -2.63. The van der Waals surface area contributed by atoms with E-state index in [2.05, 4.69) is 15.3 Å². The second kappa shape index (κ2) is 4.70. The number of carbonyl (C=O) groups is 1. The van der Waals surface area contributed by atoms with E-state index in [0.717, 1.165) is 11.3 Å². The summed E-state index contributed by atoms with van der Waals surface area (Å²) in [6.45, 7) is 1.92. The van der Waals surface area contributed by atoms with Gasteiger partial charge >= 0.3 is 5.97 Å². The molecule has 0 aliphatic carbocycles. The summed E-state index contributed by atoms with van der Waals surface area (Å²) in [6.07, 6.45) is 4.62. The van der Waals surface area contributed by atoms with E-state index in [0.29, 0.717) is 5.82 Å². The van der Waals surface area contributed by atoms with Gasteiger partial charge in [-0.3, -0.25) is 4.98 Å². The van der Waals surface area contributed by atoms with E-state index in [-0.39, 0.29) is 11.3 Å². The minimum Gasteiger partial charge on any atom is -0.478 e. The van der Waals surface area contributed by atoms with Crippen molar-refractivity contribution in [3.05, 3.63) is 41.9 Å². The molecule has 0 aliphatic rings. The van der Waals surface area contributed by atoms with E-state index in [9.17, 15) is 4.79 Å². The molecule has 2 aromatic heterocycles. The standard InChI is InChI=1S/C12H12N4O2/c1-7-2-9(6-14-4-7)16-11-10(13)3-8(5-15-11)12(17)18/h2-6H,13H2,1H3,(H,15,16)(H,17,18). The maximum atomic E-state index is 10.7. The lowest BCUT2D eigenvalue weighted by Gasteiger charge is -2.08. The molecular weight excluding hydrogens is 232 g/mol. The van der Waals surface area contributed by atoms with Crippen molar-refractivity contribution in [3.8, 4) is 0 Å². The second-order valence-corrected chi connectivity index (χ2v) is 3.84. The van der Waals surface area contributed by atoms with E-state index in [1.165, 1.54) is 12.3 Å². The average molecular weight is 244 g/mol. The highest BCUT2D eigenvalue weighted by atomic mass is 16.4. The molecule has 0 spiro atoms. The van der Waals surface area contributed by atoms with Crippen molar-refractivity contribution >= 4 is 23.2 Å². The number of carboxylic acid groups (broad SMARTS) is 1. The summed E-state index contributed by atoms with van der Waals surface area (Å²) in [7, 11) is 0. The average Bonchev–Trinajstić information content (AvgIpc) is 2.31. The molecule has 2 heterocycles. The zero-order valence-electron chi connectivity index (χ0n) is 9.71. The topological polar surface area (TPSA) is 101 Å². The van der Waals surface area contributed by atoms with Crippen LogP contribution in [-0.2, 0) is 0 Å². The summed E-state index contributed by atoms with van der Waals surface area (Å²) < 4.78 is 0. The zero-order chi connectivity index (χ0) is 13.1. The van der Waals surface area contributed by atoms with Crippen LogP contribution in [0.2, 0.25) is 0 Å². The normalized spacial score (nSPS) is 10.1. The van der Waals surface area contributed by atoms with Crippen molar-refractivity contribution in [1.82, 2.24) is 9.97 Å². The SMILES string of the molecule is Cc1cncc(Nc2ncc(C(=O)O)cc2N)c1. The van der Waals surface area contributed by atoms with Gasteiger partial charge in [0, 0.05) is 12.4 Å². The number of nitrogens with one attached hydrogen (secondary N) is 1. The smallest absolute Gasteiger partial charge is 0.337 e. The molecule has 0 aromatic carbocycles. The molecular formula is C12H12N4O2. The fourth-order valence-corrected chi connectivity index (χ4v) is 1.46. The molecule has 6 nitrogen and oxygen atoms in total. The van der Waals surface area contributed by atoms with Gasteiger partial charge in [-0.15, -0.1) is 0 Å². The largest absolute Gasteiger partial charge is 0.478 e. The van der Waals surface area contributed by atoms with Crippen LogP contribution < -0.4 is 11.1 Å². The van der Waals surface area contributed by atoms with Crippen molar-refractivity contribution in [2.45, 2.75) is 6.92 Å². The molecule has 0 fully saturated rings. The lowest BCUT2D eigenvalue weighted by molar-refractivity contribution is 0.0696.